The van der Waals surface area contributed by atoms with Crippen LogP contribution in [-0.2, 0) is 19.7 Å². The predicted octanol–water partition coefficient (Wildman–Crippen LogP) is 0.803. The molecular formula is C16H26N2O4. The zero-order chi connectivity index (χ0) is 16.1. The van der Waals surface area contributed by atoms with Gasteiger partial charge < -0.3 is 19.9 Å². The second-order valence-corrected chi connectivity index (χ2v) is 6.04. The molecule has 0 spiro atoms. The molecule has 0 radical (unpaired) electrons. The summed E-state index contributed by atoms with van der Waals surface area (Å²) in [5, 5.41) is 28.8. The summed E-state index contributed by atoms with van der Waals surface area (Å²) in [5.74, 6) is -0.284. The van der Waals surface area contributed by atoms with Crippen molar-refractivity contribution >= 4 is 0 Å². The van der Waals surface area contributed by atoms with Crippen molar-refractivity contribution in [3.63, 3.8) is 0 Å². The first-order chi connectivity index (χ1) is 10.6. The van der Waals surface area contributed by atoms with Crippen molar-refractivity contribution in [2.24, 2.45) is 0 Å². The summed E-state index contributed by atoms with van der Waals surface area (Å²) in [5.41, 5.74) is 0.410. The fourth-order valence-corrected chi connectivity index (χ4v) is 3.30. The molecule has 1 aromatic rings. The van der Waals surface area contributed by atoms with Crippen LogP contribution in [0.25, 0.3) is 0 Å². The van der Waals surface area contributed by atoms with Crippen molar-refractivity contribution in [1.82, 2.24) is 9.47 Å². The van der Waals surface area contributed by atoms with E-state index in [2.05, 4.69) is 4.90 Å². The molecule has 1 aliphatic carbocycles. The second-order valence-electron chi connectivity index (χ2n) is 6.04. The lowest BCUT2D eigenvalue weighted by Gasteiger charge is -2.32. The molecule has 0 unspecified atom stereocenters. The highest BCUT2D eigenvalue weighted by Gasteiger charge is 2.22. The number of hydrogen-bond acceptors (Lipinski definition) is 5. The number of nitrogens with zero attached hydrogens (tertiary/aromatic N) is 2. The van der Waals surface area contributed by atoms with Gasteiger partial charge in [-0.3, -0.25) is 9.69 Å². The number of aromatic hydroxyl groups is 1. The Bertz CT molecular complexity index is 550. The van der Waals surface area contributed by atoms with Crippen LogP contribution in [0.3, 0.4) is 0 Å². The lowest BCUT2D eigenvalue weighted by molar-refractivity contribution is 0.174. The maximum absolute atomic E-state index is 11.9. The van der Waals surface area contributed by atoms with Gasteiger partial charge >= 0.3 is 0 Å². The van der Waals surface area contributed by atoms with Gasteiger partial charge in [-0.2, -0.15) is 0 Å². The van der Waals surface area contributed by atoms with Crippen molar-refractivity contribution in [2.45, 2.75) is 57.8 Å². The molecule has 1 fully saturated rings. The molecule has 0 atom stereocenters. The monoisotopic (exact) mass is 310 g/mol. The van der Waals surface area contributed by atoms with Crippen molar-refractivity contribution in [3.05, 3.63) is 27.7 Å². The fourth-order valence-electron chi connectivity index (χ4n) is 3.30. The smallest absolute Gasteiger partial charge is 0.223 e. The standard InChI is InChI=1S/C16H26N2O4/c1-17(12-5-3-2-4-6-12)10-14-16(22)15(21)9-13(11-20)18(14)7-8-19/h9,12,19-20,22H,2-8,10-11H2,1H3. The first-order valence-corrected chi connectivity index (χ1v) is 7.95. The molecule has 0 aliphatic heterocycles. The molecule has 0 saturated heterocycles. The van der Waals surface area contributed by atoms with Gasteiger partial charge in [0.2, 0.25) is 5.43 Å². The minimum Gasteiger partial charge on any atom is -0.503 e. The summed E-state index contributed by atoms with van der Waals surface area (Å²) in [7, 11) is 1.99. The molecule has 3 N–H and O–H groups in total. The number of aromatic nitrogens is 1. The Labute approximate surface area is 130 Å². The Morgan fingerprint density at radius 1 is 1.27 bits per heavy atom. The normalized spacial score (nSPS) is 16.4. The lowest BCUT2D eigenvalue weighted by atomic mass is 9.94. The van der Waals surface area contributed by atoms with Crippen LogP contribution in [-0.4, -0.2) is 44.5 Å². The lowest BCUT2D eigenvalue weighted by Crippen LogP contribution is -2.35. The Hall–Kier alpha value is -1.37. The SMILES string of the molecule is CN(Cc1c(O)c(=O)cc(CO)n1CCO)C1CCCCC1. The molecule has 1 aromatic heterocycles. The molecule has 2 rings (SSSR count). The van der Waals surface area contributed by atoms with Crippen molar-refractivity contribution in [3.8, 4) is 5.75 Å². The van der Waals surface area contributed by atoms with Gasteiger partial charge in [-0.25, -0.2) is 0 Å². The predicted molar refractivity (Wildman–Crippen MR) is 83.7 cm³/mol. The van der Waals surface area contributed by atoms with Gasteiger partial charge in [-0.1, -0.05) is 19.3 Å². The molecule has 1 heterocycles. The number of aliphatic hydroxyl groups is 2. The second kappa shape index (κ2) is 7.76. The summed E-state index contributed by atoms with van der Waals surface area (Å²) in [6, 6.07) is 1.68. The third kappa shape index (κ3) is 3.69. The summed E-state index contributed by atoms with van der Waals surface area (Å²) < 4.78 is 1.65. The molecule has 124 valence electrons. The molecule has 0 bridgehead atoms. The van der Waals surface area contributed by atoms with Crippen molar-refractivity contribution < 1.29 is 15.3 Å². The van der Waals surface area contributed by atoms with Gasteiger partial charge in [-0.15, -0.1) is 0 Å². The summed E-state index contributed by atoms with van der Waals surface area (Å²) in [6.45, 7) is 0.266. The van der Waals surface area contributed by atoms with E-state index in [1.165, 1.54) is 25.3 Å². The van der Waals surface area contributed by atoms with Gasteiger partial charge in [0.1, 0.15) is 0 Å². The molecule has 0 aromatic carbocycles. The third-order valence-electron chi connectivity index (χ3n) is 4.56. The first kappa shape index (κ1) is 17.0. The minimum atomic E-state index is -0.481. The van der Waals surface area contributed by atoms with Crippen LogP contribution in [0.2, 0.25) is 0 Å². The maximum atomic E-state index is 11.9. The van der Waals surface area contributed by atoms with E-state index < -0.39 is 5.43 Å². The van der Waals surface area contributed by atoms with E-state index in [-0.39, 0.29) is 25.5 Å². The Kier molecular flexibility index (Phi) is 5.99. The number of hydrogen-bond donors (Lipinski definition) is 3. The van der Waals surface area contributed by atoms with Crippen LogP contribution in [0.4, 0.5) is 0 Å². The van der Waals surface area contributed by atoms with Crippen molar-refractivity contribution in [2.75, 3.05) is 13.7 Å². The van der Waals surface area contributed by atoms with E-state index in [9.17, 15) is 20.1 Å². The van der Waals surface area contributed by atoms with Crippen LogP contribution in [0.5, 0.6) is 5.75 Å². The van der Waals surface area contributed by atoms with Crippen LogP contribution >= 0.6 is 0 Å². The zero-order valence-electron chi connectivity index (χ0n) is 13.2. The average Bonchev–Trinajstić information content (AvgIpc) is 2.54. The van der Waals surface area contributed by atoms with E-state index >= 15 is 0 Å². The van der Waals surface area contributed by atoms with Gasteiger partial charge in [-0.05, 0) is 19.9 Å². The van der Waals surface area contributed by atoms with E-state index in [1.54, 1.807) is 4.57 Å². The summed E-state index contributed by atoms with van der Waals surface area (Å²) in [6.07, 6.45) is 5.94. The van der Waals surface area contributed by atoms with Crippen LogP contribution < -0.4 is 5.43 Å². The fraction of sp³-hybridized carbons (Fsp3) is 0.688. The van der Waals surface area contributed by atoms with Crippen LogP contribution in [0, 0.1) is 0 Å². The quantitative estimate of drug-likeness (QED) is 0.724. The molecular weight excluding hydrogens is 284 g/mol. The summed E-state index contributed by atoms with van der Waals surface area (Å²) in [4.78, 5) is 14.0. The molecule has 1 aliphatic rings. The van der Waals surface area contributed by atoms with Gasteiger partial charge in [0.05, 0.1) is 18.9 Å². The molecule has 6 heteroatoms. The number of rotatable bonds is 6. The largest absolute Gasteiger partial charge is 0.503 e. The van der Waals surface area contributed by atoms with Gasteiger partial charge in [0.15, 0.2) is 5.75 Å². The Morgan fingerprint density at radius 2 is 1.95 bits per heavy atom. The highest BCUT2D eigenvalue weighted by molar-refractivity contribution is 5.30. The van der Waals surface area contributed by atoms with Gasteiger partial charge in [0, 0.05) is 30.9 Å². The molecule has 6 nitrogen and oxygen atoms in total. The van der Waals surface area contributed by atoms with E-state index in [0.29, 0.717) is 24.0 Å². The van der Waals surface area contributed by atoms with Gasteiger partial charge in [0.25, 0.3) is 0 Å². The highest BCUT2D eigenvalue weighted by atomic mass is 16.3. The first-order valence-electron chi connectivity index (χ1n) is 7.95. The van der Waals surface area contributed by atoms with E-state index in [4.69, 9.17) is 0 Å². The van der Waals surface area contributed by atoms with E-state index in [0.717, 1.165) is 12.8 Å². The van der Waals surface area contributed by atoms with E-state index in [1.807, 2.05) is 7.05 Å². The summed E-state index contributed by atoms with van der Waals surface area (Å²) >= 11 is 0. The molecule has 22 heavy (non-hydrogen) atoms. The minimum absolute atomic E-state index is 0.116. The Balaban J connectivity index is 2.31. The highest BCUT2D eigenvalue weighted by Crippen LogP contribution is 2.24. The molecule has 0 amide bonds. The topological polar surface area (TPSA) is 85.9 Å². The number of pyridine rings is 1. The third-order valence-corrected chi connectivity index (χ3v) is 4.56. The average molecular weight is 310 g/mol. The molecule has 1 saturated carbocycles. The van der Waals surface area contributed by atoms with Crippen molar-refractivity contribution in [1.29, 1.82) is 0 Å². The Morgan fingerprint density at radius 3 is 2.55 bits per heavy atom. The maximum Gasteiger partial charge on any atom is 0.223 e. The van der Waals surface area contributed by atoms with Crippen LogP contribution in [0.15, 0.2) is 10.9 Å². The number of aliphatic hydroxyl groups excluding tert-OH is 2. The zero-order valence-corrected chi connectivity index (χ0v) is 13.2. The van der Waals surface area contributed by atoms with Crippen LogP contribution in [0.1, 0.15) is 43.5 Å².